The molecule has 4 heteroatoms. The van der Waals surface area contributed by atoms with Gasteiger partial charge in [0.15, 0.2) is 0 Å². The van der Waals surface area contributed by atoms with Crippen molar-refractivity contribution < 1.29 is 14.6 Å². The van der Waals surface area contributed by atoms with E-state index in [1.807, 2.05) is 7.05 Å². The van der Waals surface area contributed by atoms with Crippen LogP contribution >= 0.6 is 0 Å². The third-order valence-corrected chi connectivity index (χ3v) is 3.17. The van der Waals surface area contributed by atoms with E-state index in [0.29, 0.717) is 13.2 Å². The zero-order chi connectivity index (χ0) is 11.9. The molecule has 4 nitrogen and oxygen atoms in total. The third kappa shape index (κ3) is 4.20. The van der Waals surface area contributed by atoms with Gasteiger partial charge in [-0.3, -0.25) is 0 Å². The second-order valence-electron chi connectivity index (χ2n) is 4.80. The van der Waals surface area contributed by atoms with E-state index in [9.17, 15) is 4.79 Å². The van der Waals surface area contributed by atoms with E-state index in [0.717, 1.165) is 45.1 Å². The quantitative estimate of drug-likeness (QED) is 0.491. The lowest BCUT2D eigenvalue weighted by Gasteiger charge is -2.27. The van der Waals surface area contributed by atoms with Gasteiger partial charge in [0.25, 0.3) is 0 Å². The molecule has 1 N–H and O–H groups in total. The molecule has 1 aliphatic rings. The molecule has 0 spiro atoms. The minimum atomic E-state index is -0.272. The predicted molar refractivity (Wildman–Crippen MR) is 62.4 cm³/mol. The van der Waals surface area contributed by atoms with Gasteiger partial charge in [-0.15, -0.1) is 0 Å². The molecule has 0 aromatic heterocycles. The number of ether oxygens (including phenoxy) is 1. The minimum absolute atomic E-state index is 0.272. The lowest BCUT2D eigenvalue weighted by atomic mass is 9.88. The third-order valence-electron chi connectivity index (χ3n) is 3.17. The molecule has 94 valence electrons. The highest BCUT2D eigenvalue weighted by Crippen LogP contribution is 2.26. The normalized spacial score (nSPS) is 25.2. The molecule has 1 aliphatic heterocycles. The molecule has 0 aliphatic carbocycles. The van der Waals surface area contributed by atoms with E-state index in [-0.39, 0.29) is 12.0 Å². The van der Waals surface area contributed by atoms with Crippen LogP contribution in [0.4, 0.5) is 0 Å². The first-order valence-corrected chi connectivity index (χ1v) is 6.06. The summed E-state index contributed by atoms with van der Waals surface area (Å²) in [5, 5.41) is 8.66. The summed E-state index contributed by atoms with van der Waals surface area (Å²) in [5.41, 5.74) is -0.272. The maximum Gasteiger partial charge on any atom is 0.129 e. The molecule has 0 saturated carbocycles. The molecule has 1 saturated heterocycles. The van der Waals surface area contributed by atoms with Crippen molar-refractivity contribution in [3.05, 3.63) is 0 Å². The summed E-state index contributed by atoms with van der Waals surface area (Å²) in [4.78, 5) is 13.3. The molecule has 1 atom stereocenters. The Bertz CT molecular complexity index is 202. The summed E-state index contributed by atoms with van der Waals surface area (Å²) in [6.07, 6.45) is 4.90. The maximum atomic E-state index is 11.1. The van der Waals surface area contributed by atoms with Gasteiger partial charge >= 0.3 is 0 Å². The Morgan fingerprint density at radius 2 is 2.25 bits per heavy atom. The van der Waals surface area contributed by atoms with E-state index in [2.05, 4.69) is 4.90 Å². The zero-order valence-corrected chi connectivity index (χ0v) is 10.2. The molecular formula is C12H23NO3. The first-order valence-electron chi connectivity index (χ1n) is 6.06. The highest BCUT2D eigenvalue weighted by molar-refractivity contribution is 5.60. The van der Waals surface area contributed by atoms with Crippen LogP contribution in [0.2, 0.25) is 0 Å². The monoisotopic (exact) mass is 229 g/mol. The van der Waals surface area contributed by atoms with Crippen LogP contribution in [0.15, 0.2) is 0 Å². The number of carbonyl (C=O) groups is 1. The van der Waals surface area contributed by atoms with E-state index >= 15 is 0 Å². The van der Waals surface area contributed by atoms with Crippen molar-refractivity contribution in [3.63, 3.8) is 0 Å². The van der Waals surface area contributed by atoms with Crippen LogP contribution in [0.5, 0.6) is 0 Å². The average Bonchev–Trinajstić information content (AvgIpc) is 2.74. The van der Waals surface area contributed by atoms with Crippen molar-refractivity contribution in [2.75, 3.05) is 40.0 Å². The fraction of sp³-hybridized carbons (Fsp3) is 0.917. The van der Waals surface area contributed by atoms with Crippen molar-refractivity contribution in [2.24, 2.45) is 5.41 Å². The number of aliphatic hydroxyl groups excluding tert-OH is 1. The number of rotatable bonds is 8. The Kier molecular flexibility index (Phi) is 5.95. The summed E-state index contributed by atoms with van der Waals surface area (Å²) in [6.45, 7) is 3.32. The average molecular weight is 229 g/mol. The Balaban J connectivity index is 2.21. The van der Waals surface area contributed by atoms with Crippen molar-refractivity contribution in [1.29, 1.82) is 0 Å². The van der Waals surface area contributed by atoms with Gasteiger partial charge in [0.05, 0.1) is 12.0 Å². The van der Waals surface area contributed by atoms with Gasteiger partial charge in [-0.2, -0.15) is 0 Å². The molecule has 1 unspecified atom stereocenters. The number of aldehydes is 1. The van der Waals surface area contributed by atoms with Gasteiger partial charge < -0.3 is 19.5 Å². The van der Waals surface area contributed by atoms with Gasteiger partial charge in [0.1, 0.15) is 6.29 Å². The number of nitrogens with zero attached hydrogens (tertiary/aromatic N) is 1. The SMILES string of the molecule is CN(CCCCCO)CC1(C=O)CCOC1. The molecule has 1 rings (SSSR count). The van der Waals surface area contributed by atoms with Crippen LogP contribution < -0.4 is 0 Å². The topological polar surface area (TPSA) is 49.8 Å². The number of aliphatic hydroxyl groups is 1. The highest BCUT2D eigenvalue weighted by Gasteiger charge is 2.35. The standard InChI is InChI=1S/C12H23NO3/c1-13(6-3-2-4-7-14)9-12(10-15)5-8-16-11-12/h10,14H,2-9,11H2,1H3. The lowest BCUT2D eigenvalue weighted by molar-refractivity contribution is -0.117. The van der Waals surface area contributed by atoms with E-state index in [4.69, 9.17) is 9.84 Å². The Hall–Kier alpha value is -0.450. The fourth-order valence-corrected chi connectivity index (χ4v) is 2.16. The summed E-state index contributed by atoms with van der Waals surface area (Å²) >= 11 is 0. The van der Waals surface area contributed by atoms with Crippen LogP contribution in [0.1, 0.15) is 25.7 Å². The molecular weight excluding hydrogens is 206 g/mol. The van der Waals surface area contributed by atoms with Gasteiger partial charge in [0.2, 0.25) is 0 Å². The largest absolute Gasteiger partial charge is 0.396 e. The molecule has 1 heterocycles. The van der Waals surface area contributed by atoms with Gasteiger partial charge in [-0.1, -0.05) is 0 Å². The molecule has 0 aromatic carbocycles. The van der Waals surface area contributed by atoms with Crippen LogP contribution in [-0.2, 0) is 9.53 Å². The highest BCUT2D eigenvalue weighted by atomic mass is 16.5. The first kappa shape index (κ1) is 13.6. The zero-order valence-electron chi connectivity index (χ0n) is 10.2. The summed E-state index contributed by atoms with van der Waals surface area (Å²) in [5.74, 6) is 0. The maximum absolute atomic E-state index is 11.1. The molecule has 0 bridgehead atoms. The van der Waals surface area contributed by atoms with Crippen molar-refractivity contribution in [3.8, 4) is 0 Å². The van der Waals surface area contributed by atoms with Crippen molar-refractivity contribution in [2.45, 2.75) is 25.7 Å². The number of unbranched alkanes of at least 4 members (excludes halogenated alkanes) is 2. The summed E-state index contributed by atoms with van der Waals surface area (Å²) < 4.78 is 5.30. The van der Waals surface area contributed by atoms with Crippen LogP contribution in [0.3, 0.4) is 0 Å². The first-order chi connectivity index (χ1) is 7.72. The smallest absolute Gasteiger partial charge is 0.129 e. The second-order valence-corrected chi connectivity index (χ2v) is 4.80. The van der Waals surface area contributed by atoms with Gasteiger partial charge in [0, 0.05) is 19.8 Å². The van der Waals surface area contributed by atoms with Crippen LogP contribution in [0, 0.1) is 5.41 Å². The Morgan fingerprint density at radius 1 is 1.44 bits per heavy atom. The Morgan fingerprint density at radius 3 is 2.81 bits per heavy atom. The van der Waals surface area contributed by atoms with E-state index in [1.165, 1.54) is 0 Å². The summed E-state index contributed by atoms with van der Waals surface area (Å²) in [6, 6.07) is 0. The van der Waals surface area contributed by atoms with Crippen molar-refractivity contribution in [1.82, 2.24) is 4.90 Å². The van der Waals surface area contributed by atoms with Gasteiger partial charge in [-0.25, -0.2) is 0 Å². The lowest BCUT2D eigenvalue weighted by Crippen LogP contribution is -2.37. The van der Waals surface area contributed by atoms with E-state index in [1.54, 1.807) is 0 Å². The molecule has 0 aromatic rings. The van der Waals surface area contributed by atoms with Crippen LogP contribution in [-0.4, -0.2) is 56.3 Å². The number of carbonyl (C=O) groups excluding carboxylic acids is 1. The number of hydrogen-bond acceptors (Lipinski definition) is 4. The summed E-state index contributed by atoms with van der Waals surface area (Å²) in [7, 11) is 2.04. The van der Waals surface area contributed by atoms with Gasteiger partial charge in [-0.05, 0) is 39.3 Å². The molecule has 0 amide bonds. The molecule has 1 fully saturated rings. The van der Waals surface area contributed by atoms with E-state index < -0.39 is 0 Å². The van der Waals surface area contributed by atoms with Crippen LogP contribution in [0.25, 0.3) is 0 Å². The van der Waals surface area contributed by atoms with Crippen molar-refractivity contribution >= 4 is 6.29 Å². The second kappa shape index (κ2) is 6.99. The number of hydrogen-bond donors (Lipinski definition) is 1. The molecule has 0 radical (unpaired) electrons. The Labute approximate surface area is 97.6 Å². The fourth-order valence-electron chi connectivity index (χ4n) is 2.16. The molecule has 16 heavy (non-hydrogen) atoms. The predicted octanol–water partition coefficient (Wildman–Crippen LogP) is 0.686. The minimum Gasteiger partial charge on any atom is -0.396 e.